The highest BCUT2D eigenvalue weighted by Crippen LogP contribution is 2.28. The Kier molecular flexibility index (Phi) is 10.2. The molecule has 0 saturated heterocycles. The van der Waals surface area contributed by atoms with Crippen LogP contribution in [0.3, 0.4) is 0 Å². The molecule has 3 N–H and O–H groups in total. The van der Waals surface area contributed by atoms with Gasteiger partial charge in [0.2, 0.25) is 5.91 Å². The lowest BCUT2D eigenvalue weighted by Gasteiger charge is -2.04. The fourth-order valence-electron chi connectivity index (χ4n) is 3.91. The van der Waals surface area contributed by atoms with E-state index in [1.807, 2.05) is 43.4 Å². The SMILES string of the molecule is C=CCOc1ccc(/C=C/c2n(CCCCCC(=O)NCCN)c3cc(Cl)c(Cl)cc3[n+]2C)cc1. The zero-order chi connectivity index (χ0) is 25.2. The number of fused-ring (bicyclic) bond motifs is 1. The maximum absolute atomic E-state index is 11.8. The summed E-state index contributed by atoms with van der Waals surface area (Å²) in [5, 5.41) is 3.87. The van der Waals surface area contributed by atoms with Gasteiger partial charge in [0, 0.05) is 37.7 Å². The second-order valence-electron chi connectivity index (χ2n) is 8.28. The largest absolute Gasteiger partial charge is 0.490 e. The highest BCUT2D eigenvalue weighted by atomic mass is 35.5. The number of nitrogens with zero attached hydrogens (tertiary/aromatic N) is 2. The molecule has 0 radical (unpaired) electrons. The van der Waals surface area contributed by atoms with Crippen LogP contribution in [0.25, 0.3) is 23.2 Å². The Labute approximate surface area is 217 Å². The Balaban J connectivity index is 1.78. The van der Waals surface area contributed by atoms with Gasteiger partial charge >= 0.3 is 0 Å². The van der Waals surface area contributed by atoms with Crippen LogP contribution >= 0.6 is 23.2 Å². The van der Waals surface area contributed by atoms with Crippen molar-refractivity contribution in [1.29, 1.82) is 0 Å². The molecular formula is C27H33Cl2N4O2+. The van der Waals surface area contributed by atoms with Gasteiger partial charge in [0.1, 0.15) is 12.4 Å². The summed E-state index contributed by atoms with van der Waals surface area (Å²) >= 11 is 12.7. The van der Waals surface area contributed by atoms with Crippen LogP contribution in [0, 0.1) is 0 Å². The van der Waals surface area contributed by atoms with Crippen LogP contribution in [0.2, 0.25) is 10.0 Å². The number of rotatable bonds is 13. The number of nitrogens with one attached hydrogen (secondary N) is 1. The second-order valence-corrected chi connectivity index (χ2v) is 9.09. The van der Waals surface area contributed by atoms with E-state index in [9.17, 15) is 4.79 Å². The molecule has 0 bridgehead atoms. The van der Waals surface area contributed by atoms with E-state index in [-0.39, 0.29) is 5.91 Å². The molecule has 0 aliphatic carbocycles. The second kappa shape index (κ2) is 13.3. The predicted molar refractivity (Wildman–Crippen MR) is 145 cm³/mol. The molecule has 0 aliphatic heterocycles. The number of halogens is 2. The van der Waals surface area contributed by atoms with Crippen LogP contribution in [0.5, 0.6) is 5.75 Å². The molecule has 0 atom stereocenters. The van der Waals surface area contributed by atoms with Gasteiger partial charge in [0.25, 0.3) is 5.82 Å². The first-order valence-electron chi connectivity index (χ1n) is 11.8. The highest BCUT2D eigenvalue weighted by Gasteiger charge is 2.22. The molecule has 0 fully saturated rings. The first kappa shape index (κ1) is 26.8. The number of imidazole rings is 1. The molecule has 0 unspecified atom stereocenters. The Hall–Kier alpha value is -2.80. The summed E-state index contributed by atoms with van der Waals surface area (Å²) in [4.78, 5) is 11.8. The number of carbonyl (C=O) groups excluding carboxylic acids is 1. The summed E-state index contributed by atoms with van der Waals surface area (Å²) in [5.74, 6) is 1.90. The Morgan fingerprint density at radius 1 is 1.14 bits per heavy atom. The zero-order valence-electron chi connectivity index (χ0n) is 20.1. The molecule has 3 rings (SSSR count). The van der Waals surface area contributed by atoms with E-state index in [0.717, 1.165) is 54.0 Å². The lowest BCUT2D eigenvalue weighted by Crippen LogP contribution is -2.31. The molecule has 3 aromatic rings. The van der Waals surface area contributed by atoms with Gasteiger partial charge < -0.3 is 15.8 Å². The molecule has 35 heavy (non-hydrogen) atoms. The third-order valence-electron chi connectivity index (χ3n) is 5.71. The van der Waals surface area contributed by atoms with Gasteiger partial charge in [-0.15, -0.1) is 0 Å². The van der Waals surface area contributed by atoms with Gasteiger partial charge in [-0.25, -0.2) is 9.13 Å². The fourth-order valence-corrected chi connectivity index (χ4v) is 4.22. The maximum atomic E-state index is 11.8. The van der Waals surface area contributed by atoms with Gasteiger partial charge in [-0.3, -0.25) is 4.79 Å². The molecule has 0 aliphatic rings. The van der Waals surface area contributed by atoms with E-state index in [1.54, 1.807) is 6.08 Å². The quantitative estimate of drug-likeness (QED) is 0.188. The molecule has 0 saturated carbocycles. The van der Waals surface area contributed by atoms with E-state index in [4.69, 9.17) is 33.7 Å². The van der Waals surface area contributed by atoms with E-state index in [1.165, 1.54) is 0 Å². The maximum Gasteiger partial charge on any atom is 0.282 e. The minimum absolute atomic E-state index is 0.0548. The van der Waals surface area contributed by atoms with Crippen LogP contribution in [0.1, 0.15) is 37.1 Å². The van der Waals surface area contributed by atoms with E-state index in [0.29, 0.717) is 36.2 Å². The summed E-state index contributed by atoms with van der Waals surface area (Å²) in [7, 11) is 2.02. The molecule has 186 valence electrons. The van der Waals surface area contributed by atoms with Gasteiger partial charge in [-0.2, -0.15) is 0 Å². The summed E-state index contributed by atoms with van der Waals surface area (Å²) in [5.41, 5.74) is 8.53. The number of aromatic nitrogens is 2. The number of carbonyl (C=O) groups is 1. The fraction of sp³-hybridized carbons (Fsp3) is 0.333. The molecule has 1 heterocycles. The summed E-state index contributed by atoms with van der Waals surface area (Å²) in [6.45, 7) is 5.93. The zero-order valence-corrected chi connectivity index (χ0v) is 21.6. The number of hydrogen-bond acceptors (Lipinski definition) is 3. The number of unbranched alkanes of at least 4 members (excludes halogenated alkanes) is 2. The standard InChI is InChI=1S/C27H32Cl2N4O2/c1-3-17-35-21-11-8-20(9-12-21)10-13-27-32(2)24-18-22(28)23(29)19-25(24)33(27)16-6-4-5-7-26(34)31-15-14-30/h3,8-13,18-19H,1,4-7,14-17,30H2,2H3/p+1/b13-10+. The Morgan fingerprint density at radius 2 is 1.89 bits per heavy atom. The molecule has 1 aromatic heterocycles. The van der Waals surface area contributed by atoms with Crippen molar-refractivity contribution >= 4 is 52.3 Å². The third-order valence-corrected chi connectivity index (χ3v) is 6.44. The molecular weight excluding hydrogens is 483 g/mol. The summed E-state index contributed by atoms with van der Waals surface area (Å²) in [6.07, 6.45) is 9.12. The minimum Gasteiger partial charge on any atom is -0.490 e. The van der Waals surface area contributed by atoms with Crippen molar-refractivity contribution in [3.8, 4) is 5.75 Å². The smallest absolute Gasteiger partial charge is 0.282 e. The topological polar surface area (TPSA) is 73.2 Å². The lowest BCUT2D eigenvalue weighted by atomic mass is 10.2. The first-order chi connectivity index (χ1) is 16.9. The monoisotopic (exact) mass is 515 g/mol. The van der Waals surface area contributed by atoms with Crippen molar-refractivity contribution in [2.24, 2.45) is 12.8 Å². The number of amides is 1. The normalized spacial score (nSPS) is 11.3. The Morgan fingerprint density at radius 3 is 2.60 bits per heavy atom. The van der Waals surface area contributed by atoms with Crippen molar-refractivity contribution in [3.05, 3.63) is 70.5 Å². The average Bonchev–Trinajstić information content (AvgIpc) is 3.10. The van der Waals surface area contributed by atoms with Crippen LogP contribution < -0.4 is 20.4 Å². The van der Waals surface area contributed by atoms with E-state index in [2.05, 4.69) is 33.2 Å². The average molecular weight is 516 g/mol. The Bertz CT molecular complexity index is 1190. The van der Waals surface area contributed by atoms with Crippen molar-refractivity contribution in [1.82, 2.24) is 9.88 Å². The summed E-state index contributed by atoms with van der Waals surface area (Å²) < 4.78 is 9.94. The van der Waals surface area contributed by atoms with Crippen LogP contribution in [0.15, 0.2) is 49.1 Å². The number of nitrogens with two attached hydrogens (primary N) is 1. The summed E-state index contributed by atoms with van der Waals surface area (Å²) in [6, 6.07) is 11.8. The van der Waals surface area contributed by atoms with Gasteiger partial charge in [0.05, 0.1) is 23.6 Å². The number of ether oxygens (including phenoxy) is 1. The van der Waals surface area contributed by atoms with Gasteiger partial charge in [-0.05, 0) is 43.0 Å². The number of aryl methyl sites for hydroxylation is 2. The molecule has 0 spiro atoms. The third kappa shape index (κ3) is 7.34. The van der Waals surface area contributed by atoms with Crippen LogP contribution in [-0.2, 0) is 18.4 Å². The van der Waals surface area contributed by atoms with Crippen LogP contribution in [-0.4, -0.2) is 30.2 Å². The first-order valence-corrected chi connectivity index (χ1v) is 12.6. The molecule has 1 amide bonds. The highest BCUT2D eigenvalue weighted by molar-refractivity contribution is 6.42. The predicted octanol–water partition coefficient (Wildman–Crippen LogP) is 5.14. The molecule has 6 nitrogen and oxygen atoms in total. The van der Waals surface area contributed by atoms with Crippen molar-refractivity contribution in [3.63, 3.8) is 0 Å². The number of benzene rings is 2. The van der Waals surface area contributed by atoms with E-state index >= 15 is 0 Å². The van der Waals surface area contributed by atoms with Crippen molar-refractivity contribution in [2.75, 3.05) is 19.7 Å². The van der Waals surface area contributed by atoms with E-state index < -0.39 is 0 Å². The van der Waals surface area contributed by atoms with Gasteiger partial charge in [0.15, 0.2) is 11.0 Å². The molecule has 2 aromatic carbocycles. The van der Waals surface area contributed by atoms with Gasteiger partial charge in [-0.1, -0.05) is 48.0 Å². The van der Waals surface area contributed by atoms with Crippen LogP contribution in [0.4, 0.5) is 0 Å². The number of hydrogen-bond donors (Lipinski definition) is 2. The van der Waals surface area contributed by atoms with Crippen molar-refractivity contribution < 1.29 is 14.1 Å². The lowest BCUT2D eigenvalue weighted by molar-refractivity contribution is -0.647. The van der Waals surface area contributed by atoms with Crippen molar-refractivity contribution in [2.45, 2.75) is 32.2 Å². The minimum atomic E-state index is 0.0548. The molecule has 8 heteroatoms.